The van der Waals surface area contributed by atoms with Gasteiger partial charge in [-0.15, -0.1) is 0 Å². The maximum atomic E-state index is 11.8. The molecular weight excluding hydrogens is 330 g/mol. The van der Waals surface area contributed by atoms with Crippen molar-refractivity contribution >= 4 is 5.97 Å². The molecule has 0 aliphatic rings. The van der Waals surface area contributed by atoms with E-state index in [1.165, 1.54) is 7.11 Å². The van der Waals surface area contributed by atoms with E-state index in [0.29, 0.717) is 44.7 Å². The van der Waals surface area contributed by atoms with Crippen molar-refractivity contribution in [3.63, 3.8) is 0 Å². The Morgan fingerprint density at radius 1 is 1.16 bits per heavy atom. The molecule has 0 aliphatic carbocycles. The molecule has 0 radical (unpaired) electrons. The highest BCUT2D eigenvalue weighted by atomic mass is 16.6. The molecule has 0 aromatic carbocycles. The van der Waals surface area contributed by atoms with Crippen LogP contribution >= 0.6 is 0 Å². The van der Waals surface area contributed by atoms with Crippen molar-refractivity contribution in [1.82, 2.24) is 5.16 Å². The molecule has 1 N–H and O–H groups in total. The quantitative estimate of drug-likeness (QED) is 0.396. The first kappa shape index (κ1) is 21.4. The first-order valence-corrected chi connectivity index (χ1v) is 8.53. The molecule has 8 nitrogen and oxygen atoms in total. The largest absolute Gasteiger partial charge is 0.473 e. The fraction of sp³-hybridized carbons (Fsp3) is 0.765. The summed E-state index contributed by atoms with van der Waals surface area (Å²) in [5.41, 5.74) is 0. The van der Waals surface area contributed by atoms with Crippen LogP contribution in [0.5, 0.6) is 5.88 Å². The summed E-state index contributed by atoms with van der Waals surface area (Å²) in [6.07, 6.45) is 1.60. The van der Waals surface area contributed by atoms with Crippen LogP contribution in [-0.4, -0.2) is 63.0 Å². The van der Waals surface area contributed by atoms with E-state index >= 15 is 0 Å². The second-order valence-corrected chi connectivity index (χ2v) is 5.82. The van der Waals surface area contributed by atoms with Crippen molar-refractivity contribution in [2.45, 2.75) is 32.6 Å². The van der Waals surface area contributed by atoms with E-state index in [4.69, 9.17) is 28.6 Å². The van der Waals surface area contributed by atoms with Crippen LogP contribution < -0.4 is 4.74 Å². The van der Waals surface area contributed by atoms with Crippen LogP contribution in [0, 0.1) is 5.92 Å². The maximum absolute atomic E-state index is 11.8. The Bertz CT molecular complexity index is 475. The molecule has 0 aliphatic heterocycles. The molecule has 1 heterocycles. The SMILES string of the molecule is COC(=O)C(c1cc(OCCOCCOCCCCO)no1)C(C)C. The zero-order valence-electron chi connectivity index (χ0n) is 15.2. The van der Waals surface area contributed by atoms with Crippen LogP contribution in [0.2, 0.25) is 0 Å². The molecule has 0 spiro atoms. The number of esters is 1. The zero-order chi connectivity index (χ0) is 18.5. The fourth-order valence-corrected chi connectivity index (χ4v) is 2.17. The lowest BCUT2D eigenvalue weighted by atomic mass is 9.93. The van der Waals surface area contributed by atoms with E-state index in [9.17, 15) is 4.79 Å². The number of rotatable bonds is 14. The number of methoxy groups -OCH3 is 1. The van der Waals surface area contributed by atoms with Crippen LogP contribution in [-0.2, 0) is 19.0 Å². The molecule has 0 bridgehead atoms. The van der Waals surface area contributed by atoms with E-state index in [1.807, 2.05) is 13.8 Å². The molecule has 144 valence electrons. The number of hydrogen-bond acceptors (Lipinski definition) is 8. The summed E-state index contributed by atoms with van der Waals surface area (Å²) in [5.74, 6) is -0.106. The summed E-state index contributed by atoms with van der Waals surface area (Å²) >= 11 is 0. The van der Waals surface area contributed by atoms with Crippen molar-refractivity contribution in [3.05, 3.63) is 11.8 Å². The molecule has 0 saturated carbocycles. The highest BCUT2D eigenvalue weighted by Gasteiger charge is 2.29. The van der Waals surface area contributed by atoms with Crippen LogP contribution in [0.3, 0.4) is 0 Å². The van der Waals surface area contributed by atoms with Gasteiger partial charge in [-0.25, -0.2) is 0 Å². The second kappa shape index (κ2) is 12.7. The minimum atomic E-state index is -0.505. The number of aliphatic hydroxyl groups excluding tert-OH is 1. The van der Waals surface area contributed by atoms with E-state index < -0.39 is 5.92 Å². The number of hydrogen-bond donors (Lipinski definition) is 1. The Morgan fingerprint density at radius 2 is 1.84 bits per heavy atom. The molecule has 8 heteroatoms. The number of aliphatic hydroxyl groups is 1. The molecule has 0 fully saturated rings. The predicted octanol–water partition coefficient (Wildman–Crippen LogP) is 1.77. The van der Waals surface area contributed by atoms with Crippen LogP contribution in [0.1, 0.15) is 38.4 Å². The summed E-state index contributed by atoms with van der Waals surface area (Å²) in [4.78, 5) is 11.8. The van der Waals surface area contributed by atoms with Gasteiger partial charge in [0.05, 0.1) is 26.9 Å². The molecule has 1 rings (SSSR count). The molecule has 25 heavy (non-hydrogen) atoms. The normalized spacial score (nSPS) is 12.4. The Balaban J connectivity index is 2.20. The van der Waals surface area contributed by atoms with Gasteiger partial charge in [-0.3, -0.25) is 4.79 Å². The van der Waals surface area contributed by atoms with E-state index in [2.05, 4.69) is 5.16 Å². The van der Waals surface area contributed by atoms with Crippen molar-refractivity contribution in [3.8, 4) is 5.88 Å². The smallest absolute Gasteiger partial charge is 0.316 e. The average molecular weight is 359 g/mol. The maximum Gasteiger partial charge on any atom is 0.316 e. The lowest BCUT2D eigenvalue weighted by Crippen LogP contribution is -2.19. The van der Waals surface area contributed by atoms with Crippen LogP contribution in [0.25, 0.3) is 0 Å². The second-order valence-electron chi connectivity index (χ2n) is 5.82. The minimum absolute atomic E-state index is 0.0222. The van der Waals surface area contributed by atoms with Gasteiger partial charge in [0.15, 0.2) is 5.76 Å². The summed E-state index contributed by atoms with van der Waals surface area (Å²) in [6, 6.07) is 1.60. The van der Waals surface area contributed by atoms with Crippen molar-refractivity contribution in [1.29, 1.82) is 0 Å². The highest BCUT2D eigenvalue weighted by molar-refractivity contribution is 5.77. The third-order valence-electron chi connectivity index (χ3n) is 3.48. The number of nitrogens with zero attached hydrogens (tertiary/aromatic N) is 1. The standard InChI is InChI=1S/C17H29NO7/c1-13(2)16(17(20)21-3)14-12-15(18-25-14)24-11-10-23-9-8-22-7-5-4-6-19/h12-13,16,19H,4-11H2,1-3H3. The fourth-order valence-electron chi connectivity index (χ4n) is 2.17. The van der Waals surface area contributed by atoms with Crippen LogP contribution in [0.4, 0.5) is 0 Å². The summed E-state index contributed by atoms with van der Waals surface area (Å²) in [7, 11) is 1.35. The van der Waals surface area contributed by atoms with Gasteiger partial charge in [0, 0.05) is 19.3 Å². The number of aromatic nitrogens is 1. The average Bonchev–Trinajstić information content (AvgIpc) is 3.04. The number of unbranched alkanes of at least 4 members (excludes halogenated alkanes) is 1. The van der Waals surface area contributed by atoms with E-state index in [-0.39, 0.29) is 18.5 Å². The van der Waals surface area contributed by atoms with Crippen LogP contribution in [0.15, 0.2) is 10.6 Å². The lowest BCUT2D eigenvalue weighted by Gasteiger charge is -2.14. The molecule has 0 amide bonds. The van der Waals surface area contributed by atoms with E-state index in [0.717, 1.165) is 12.8 Å². The van der Waals surface area contributed by atoms with Crippen molar-refractivity contribution in [2.24, 2.45) is 5.92 Å². The summed E-state index contributed by atoms with van der Waals surface area (Å²) in [6.45, 7) is 6.33. The van der Waals surface area contributed by atoms with Gasteiger partial charge >= 0.3 is 5.97 Å². The van der Waals surface area contributed by atoms with Gasteiger partial charge in [-0.05, 0) is 23.9 Å². The first-order chi connectivity index (χ1) is 12.1. The summed E-state index contributed by atoms with van der Waals surface area (Å²) < 4.78 is 26.1. The zero-order valence-corrected chi connectivity index (χ0v) is 15.2. The molecular formula is C17H29NO7. The Labute approximate surface area is 148 Å². The minimum Gasteiger partial charge on any atom is -0.473 e. The van der Waals surface area contributed by atoms with Gasteiger partial charge in [0.1, 0.15) is 12.5 Å². The lowest BCUT2D eigenvalue weighted by molar-refractivity contribution is -0.144. The molecule has 1 atom stereocenters. The third-order valence-corrected chi connectivity index (χ3v) is 3.48. The Kier molecular flexibility index (Phi) is 10.9. The van der Waals surface area contributed by atoms with E-state index in [1.54, 1.807) is 6.07 Å². The number of carbonyl (C=O) groups is 1. The third kappa shape index (κ3) is 8.33. The van der Waals surface area contributed by atoms with Gasteiger partial charge in [-0.2, -0.15) is 0 Å². The highest BCUT2D eigenvalue weighted by Crippen LogP contribution is 2.28. The first-order valence-electron chi connectivity index (χ1n) is 8.53. The van der Waals surface area contributed by atoms with Gasteiger partial charge in [0.2, 0.25) is 0 Å². The van der Waals surface area contributed by atoms with Crippen molar-refractivity contribution < 1.29 is 33.4 Å². The predicted molar refractivity (Wildman–Crippen MR) is 89.6 cm³/mol. The Hall–Kier alpha value is -1.64. The number of carbonyl (C=O) groups excluding carboxylic acids is 1. The van der Waals surface area contributed by atoms with Gasteiger partial charge < -0.3 is 28.6 Å². The molecule has 1 aromatic rings. The molecule has 1 aromatic heterocycles. The molecule has 0 saturated heterocycles. The Morgan fingerprint density at radius 3 is 2.48 bits per heavy atom. The van der Waals surface area contributed by atoms with Gasteiger partial charge in [-0.1, -0.05) is 13.8 Å². The number of ether oxygens (including phenoxy) is 4. The van der Waals surface area contributed by atoms with Crippen molar-refractivity contribution in [2.75, 3.05) is 46.8 Å². The summed E-state index contributed by atoms with van der Waals surface area (Å²) in [5, 5.41) is 12.4. The molecule has 1 unspecified atom stereocenters. The van der Waals surface area contributed by atoms with Gasteiger partial charge in [0.25, 0.3) is 5.88 Å². The topological polar surface area (TPSA) is 100 Å². The monoisotopic (exact) mass is 359 g/mol.